The van der Waals surface area contributed by atoms with E-state index in [1.165, 1.54) is 17.0 Å². The highest BCUT2D eigenvalue weighted by Gasteiger charge is 2.33. The van der Waals surface area contributed by atoms with Crippen LogP contribution in [0.5, 0.6) is 0 Å². The van der Waals surface area contributed by atoms with Crippen LogP contribution in [-0.2, 0) is 16.1 Å². The van der Waals surface area contributed by atoms with Gasteiger partial charge < -0.3 is 21.3 Å². The molecule has 10 heteroatoms. The number of likely N-dealkylation sites (N-methyl/N-ethyl adjacent to an activating group) is 1. The zero-order valence-corrected chi connectivity index (χ0v) is 23.2. The van der Waals surface area contributed by atoms with Gasteiger partial charge in [-0.2, -0.15) is 0 Å². The van der Waals surface area contributed by atoms with Gasteiger partial charge in [-0.3, -0.25) is 19.7 Å². The number of carbonyl (C=O) groups excluding carboxylic acids is 3. The highest BCUT2D eigenvalue weighted by Crippen LogP contribution is 2.37. The Morgan fingerprint density at radius 2 is 1.40 bits per heavy atom. The van der Waals surface area contributed by atoms with Crippen LogP contribution in [0.25, 0.3) is 11.1 Å². The van der Waals surface area contributed by atoms with Gasteiger partial charge in [-0.05, 0) is 27.8 Å². The maximum Gasteiger partial charge on any atom is 0.312 e. The van der Waals surface area contributed by atoms with Crippen LogP contribution < -0.4 is 16.4 Å². The summed E-state index contributed by atoms with van der Waals surface area (Å²) in [5.41, 5.74) is 8.08. The molecule has 0 bridgehead atoms. The first-order chi connectivity index (χ1) is 20.2. The molecule has 0 saturated heterocycles. The number of hydrogen-bond donors (Lipinski definition) is 3. The number of nitrogens with two attached hydrogens (primary N) is 1. The van der Waals surface area contributed by atoms with Crippen LogP contribution in [0.15, 0.2) is 103 Å². The highest BCUT2D eigenvalue weighted by molar-refractivity contribution is 5.95. The second kappa shape index (κ2) is 13.2. The Kier molecular flexibility index (Phi) is 9.28. The van der Waals surface area contributed by atoms with Crippen molar-refractivity contribution in [2.45, 2.75) is 18.5 Å². The lowest BCUT2D eigenvalue weighted by Gasteiger charge is -2.27. The average molecular weight is 566 g/mol. The van der Waals surface area contributed by atoms with Crippen molar-refractivity contribution in [2.75, 3.05) is 14.1 Å². The van der Waals surface area contributed by atoms with E-state index in [2.05, 4.69) is 10.6 Å². The zero-order chi connectivity index (χ0) is 30.2. The molecule has 42 heavy (non-hydrogen) atoms. The Balaban J connectivity index is 1.81. The largest absolute Gasteiger partial charge is 0.352 e. The molecule has 0 aromatic heterocycles. The molecule has 1 atom stereocenters. The molecule has 1 unspecified atom stereocenters. The second-order valence-electron chi connectivity index (χ2n) is 9.84. The fourth-order valence-electron chi connectivity index (χ4n) is 4.79. The second-order valence-corrected chi connectivity index (χ2v) is 9.84. The molecule has 0 radical (unpaired) electrons. The normalized spacial score (nSPS) is 11.4. The summed E-state index contributed by atoms with van der Waals surface area (Å²) in [7, 11) is 3.12. The summed E-state index contributed by atoms with van der Waals surface area (Å²) < 4.78 is 0. The van der Waals surface area contributed by atoms with Crippen molar-refractivity contribution in [3.8, 4) is 11.1 Å². The van der Waals surface area contributed by atoms with Crippen molar-refractivity contribution in [2.24, 2.45) is 5.73 Å². The summed E-state index contributed by atoms with van der Waals surface area (Å²) in [6.45, 7) is 0.178. The Morgan fingerprint density at radius 1 is 0.833 bits per heavy atom. The van der Waals surface area contributed by atoms with Gasteiger partial charge in [0.15, 0.2) is 0 Å². The molecule has 214 valence electrons. The Morgan fingerprint density at radius 3 is 1.90 bits per heavy atom. The fraction of sp³-hybridized carbons (Fsp3) is 0.156. The van der Waals surface area contributed by atoms with Gasteiger partial charge in [-0.1, -0.05) is 97.1 Å². The van der Waals surface area contributed by atoms with E-state index in [-0.39, 0.29) is 23.4 Å². The standard InChI is InChI=1S/C32H31N5O5/c1-36(2)31(39)29(35-30(38)27(22-10-5-3-6-11-22)23-12-7-4-8-13-23)25-14-9-15-26(37(41)42)28(25)24-18-16-21(17-19-24)20-34-32(33)40/h3-19,27,29H,20H2,1-2H3,(H,35,38)(H3,33,34,40). The number of nitrogens with one attached hydrogen (secondary N) is 2. The molecule has 0 aliphatic rings. The lowest BCUT2D eigenvalue weighted by molar-refractivity contribution is -0.384. The molecule has 0 aliphatic heterocycles. The Labute approximate surface area is 243 Å². The van der Waals surface area contributed by atoms with Crippen LogP contribution in [-0.4, -0.2) is 41.8 Å². The van der Waals surface area contributed by atoms with Gasteiger partial charge in [0.25, 0.3) is 5.69 Å². The van der Waals surface area contributed by atoms with Crippen molar-refractivity contribution in [3.63, 3.8) is 0 Å². The predicted octanol–water partition coefficient (Wildman–Crippen LogP) is 4.51. The summed E-state index contributed by atoms with van der Waals surface area (Å²) in [6, 6.07) is 27.7. The van der Waals surface area contributed by atoms with Crippen molar-refractivity contribution < 1.29 is 19.3 Å². The molecular formula is C32H31N5O5. The SMILES string of the molecule is CN(C)C(=O)C(NC(=O)C(c1ccccc1)c1ccccc1)c1cccc([N+](=O)[O-])c1-c1ccc(CNC(N)=O)cc1. The highest BCUT2D eigenvalue weighted by atomic mass is 16.6. The minimum absolute atomic E-state index is 0.178. The molecule has 10 nitrogen and oxygen atoms in total. The molecule has 0 heterocycles. The third kappa shape index (κ3) is 6.79. The fourth-order valence-corrected chi connectivity index (χ4v) is 4.79. The molecule has 4 amide bonds. The zero-order valence-electron chi connectivity index (χ0n) is 23.2. The van der Waals surface area contributed by atoms with Gasteiger partial charge in [-0.25, -0.2) is 4.79 Å². The van der Waals surface area contributed by atoms with E-state index >= 15 is 0 Å². The van der Waals surface area contributed by atoms with Crippen molar-refractivity contribution in [3.05, 3.63) is 135 Å². The van der Waals surface area contributed by atoms with Crippen LogP contribution in [0.1, 0.15) is 34.2 Å². The number of nitro benzene ring substituents is 1. The summed E-state index contributed by atoms with van der Waals surface area (Å²) in [4.78, 5) is 51.8. The summed E-state index contributed by atoms with van der Waals surface area (Å²) in [5.74, 6) is -1.62. The molecule has 4 aromatic rings. The van der Waals surface area contributed by atoms with Crippen molar-refractivity contribution in [1.29, 1.82) is 0 Å². The summed E-state index contributed by atoms with van der Waals surface area (Å²) in [6.07, 6.45) is 0. The molecule has 0 spiro atoms. The van der Waals surface area contributed by atoms with Crippen LogP contribution in [0.2, 0.25) is 0 Å². The van der Waals surface area contributed by atoms with Crippen molar-refractivity contribution in [1.82, 2.24) is 15.5 Å². The lowest BCUT2D eigenvalue weighted by Crippen LogP contribution is -2.42. The molecule has 4 aromatic carbocycles. The van der Waals surface area contributed by atoms with E-state index in [1.54, 1.807) is 44.4 Å². The van der Waals surface area contributed by atoms with Gasteiger partial charge in [-0.15, -0.1) is 0 Å². The van der Waals surface area contributed by atoms with E-state index < -0.39 is 34.7 Å². The molecular weight excluding hydrogens is 534 g/mol. The number of rotatable bonds is 10. The summed E-state index contributed by atoms with van der Waals surface area (Å²) >= 11 is 0. The smallest absolute Gasteiger partial charge is 0.312 e. The van der Waals surface area contributed by atoms with Crippen LogP contribution in [0, 0.1) is 10.1 Å². The third-order valence-electron chi connectivity index (χ3n) is 6.79. The maximum atomic E-state index is 14.0. The van der Waals surface area contributed by atoms with Gasteiger partial charge in [0, 0.05) is 26.7 Å². The van der Waals surface area contributed by atoms with E-state index in [0.29, 0.717) is 5.56 Å². The molecule has 0 saturated carbocycles. The number of hydrogen-bond acceptors (Lipinski definition) is 5. The number of nitrogens with zero attached hydrogens (tertiary/aromatic N) is 2. The van der Waals surface area contributed by atoms with Crippen molar-refractivity contribution >= 4 is 23.5 Å². The number of benzene rings is 4. The predicted molar refractivity (Wildman–Crippen MR) is 159 cm³/mol. The number of carbonyl (C=O) groups is 3. The molecule has 0 fully saturated rings. The first kappa shape index (κ1) is 29.5. The van der Waals surface area contributed by atoms with E-state index in [4.69, 9.17) is 5.73 Å². The van der Waals surface area contributed by atoms with Crippen LogP contribution in [0.3, 0.4) is 0 Å². The molecule has 4 rings (SSSR count). The van der Waals surface area contributed by atoms with Gasteiger partial charge in [0.2, 0.25) is 11.8 Å². The quantitative estimate of drug-likeness (QED) is 0.191. The average Bonchev–Trinajstić information content (AvgIpc) is 2.99. The van der Waals surface area contributed by atoms with E-state index in [1.807, 2.05) is 60.7 Å². The topological polar surface area (TPSA) is 148 Å². The van der Waals surface area contributed by atoms with Gasteiger partial charge in [0.05, 0.1) is 16.4 Å². The third-order valence-corrected chi connectivity index (χ3v) is 6.79. The summed E-state index contributed by atoms with van der Waals surface area (Å²) in [5, 5.41) is 17.6. The lowest BCUT2D eigenvalue weighted by atomic mass is 9.88. The van der Waals surface area contributed by atoms with Crippen LogP contribution in [0.4, 0.5) is 10.5 Å². The van der Waals surface area contributed by atoms with Gasteiger partial charge >= 0.3 is 6.03 Å². The molecule has 4 N–H and O–H groups in total. The molecule has 0 aliphatic carbocycles. The monoisotopic (exact) mass is 565 g/mol. The minimum Gasteiger partial charge on any atom is -0.352 e. The Hall–Kier alpha value is -5.51. The first-order valence-corrected chi connectivity index (χ1v) is 13.2. The maximum absolute atomic E-state index is 14.0. The number of nitro groups is 1. The van der Waals surface area contributed by atoms with Crippen LogP contribution >= 0.6 is 0 Å². The number of urea groups is 1. The number of amides is 4. The minimum atomic E-state index is -1.23. The Bertz CT molecular complexity index is 1530. The first-order valence-electron chi connectivity index (χ1n) is 13.2. The van der Waals surface area contributed by atoms with E-state index in [9.17, 15) is 24.5 Å². The van der Waals surface area contributed by atoms with Gasteiger partial charge in [0.1, 0.15) is 6.04 Å². The number of primary amides is 1. The van der Waals surface area contributed by atoms with E-state index in [0.717, 1.165) is 16.7 Å².